The van der Waals surface area contributed by atoms with Gasteiger partial charge in [0.05, 0.1) is 6.20 Å². The first kappa shape index (κ1) is 12.9. The van der Waals surface area contributed by atoms with Crippen molar-refractivity contribution in [3.63, 3.8) is 0 Å². The van der Waals surface area contributed by atoms with Crippen LogP contribution in [0.5, 0.6) is 0 Å². The zero-order valence-electron chi connectivity index (χ0n) is 10.0. The fourth-order valence-electron chi connectivity index (χ4n) is 1.57. The monoisotopic (exact) mass is 225 g/mol. The highest BCUT2D eigenvalue weighted by molar-refractivity contribution is 5.33. The Hall–Kier alpha value is -1.16. The van der Waals surface area contributed by atoms with Crippen molar-refractivity contribution in [2.75, 3.05) is 31.5 Å². The van der Waals surface area contributed by atoms with Crippen LogP contribution in [0.15, 0.2) is 18.3 Å². The van der Waals surface area contributed by atoms with Crippen molar-refractivity contribution in [3.05, 3.63) is 24.1 Å². The molecule has 0 aliphatic heterocycles. The van der Waals surface area contributed by atoms with Crippen molar-refractivity contribution in [1.29, 1.82) is 0 Å². The van der Waals surface area contributed by atoms with Crippen molar-refractivity contribution in [1.82, 2.24) is 9.88 Å². The van der Waals surface area contributed by atoms with E-state index in [1.807, 2.05) is 0 Å². The molecule has 0 aromatic carbocycles. The van der Waals surface area contributed by atoms with Crippen LogP contribution in [-0.2, 0) is 0 Å². The maximum absolute atomic E-state index is 12.6. The SMILES string of the molecule is CCCN(CC)CCNc1ccc(F)cn1. The van der Waals surface area contributed by atoms with Gasteiger partial charge in [-0.25, -0.2) is 9.37 Å². The van der Waals surface area contributed by atoms with Gasteiger partial charge in [-0.05, 0) is 31.6 Å². The third-order valence-corrected chi connectivity index (χ3v) is 2.45. The van der Waals surface area contributed by atoms with Gasteiger partial charge in [0.2, 0.25) is 0 Å². The molecule has 1 aromatic rings. The summed E-state index contributed by atoms with van der Waals surface area (Å²) >= 11 is 0. The lowest BCUT2D eigenvalue weighted by Gasteiger charge is -2.19. The normalized spacial score (nSPS) is 10.8. The van der Waals surface area contributed by atoms with E-state index in [0.29, 0.717) is 0 Å². The molecule has 3 nitrogen and oxygen atoms in total. The number of pyridine rings is 1. The summed E-state index contributed by atoms with van der Waals surface area (Å²) in [5.41, 5.74) is 0. The van der Waals surface area contributed by atoms with Gasteiger partial charge in [0.25, 0.3) is 0 Å². The number of anilines is 1. The van der Waals surface area contributed by atoms with Gasteiger partial charge in [0.15, 0.2) is 0 Å². The first-order valence-electron chi connectivity index (χ1n) is 5.84. The number of likely N-dealkylation sites (N-methyl/N-ethyl adjacent to an activating group) is 1. The van der Waals surface area contributed by atoms with E-state index in [1.165, 1.54) is 18.7 Å². The molecule has 1 rings (SSSR count). The Morgan fingerprint density at radius 1 is 1.31 bits per heavy atom. The van der Waals surface area contributed by atoms with Crippen molar-refractivity contribution in [2.24, 2.45) is 0 Å². The largest absolute Gasteiger partial charge is 0.369 e. The third kappa shape index (κ3) is 4.57. The molecule has 90 valence electrons. The minimum Gasteiger partial charge on any atom is -0.369 e. The van der Waals surface area contributed by atoms with Gasteiger partial charge in [0.1, 0.15) is 11.6 Å². The average molecular weight is 225 g/mol. The van der Waals surface area contributed by atoms with E-state index in [0.717, 1.165) is 32.0 Å². The topological polar surface area (TPSA) is 28.2 Å². The van der Waals surface area contributed by atoms with E-state index in [2.05, 4.69) is 29.0 Å². The summed E-state index contributed by atoms with van der Waals surface area (Å²) < 4.78 is 12.6. The maximum Gasteiger partial charge on any atom is 0.141 e. The van der Waals surface area contributed by atoms with Crippen molar-refractivity contribution >= 4 is 5.82 Å². The van der Waals surface area contributed by atoms with Gasteiger partial charge >= 0.3 is 0 Å². The Bertz CT molecular complexity index is 287. The highest BCUT2D eigenvalue weighted by Crippen LogP contribution is 2.02. The maximum atomic E-state index is 12.6. The highest BCUT2D eigenvalue weighted by atomic mass is 19.1. The quantitative estimate of drug-likeness (QED) is 0.772. The molecule has 0 radical (unpaired) electrons. The van der Waals surface area contributed by atoms with Crippen LogP contribution in [0.1, 0.15) is 20.3 Å². The van der Waals surface area contributed by atoms with E-state index >= 15 is 0 Å². The Morgan fingerprint density at radius 2 is 2.12 bits per heavy atom. The highest BCUT2D eigenvalue weighted by Gasteiger charge is 2.00. The molecule has 1 N–H and O–H groups in total. The molecule has 16 heavy (non-hydrogen) atoms. The van der Waals surface area contributed by atoms with Gasteiger partial charge in [-0.2, -0.15) is 0 Å². The summed E-state index contributed by atoms with van der Waals surface area (Å²) in [5.74, 6) is 0.431. The molecule has 0 aliphatic carbocycles. The molecule has 0 fully saturated rings. The van der Waals surface area contributed by atoms with Gasteiger partial charge in [-0.1, -0.05) is 13.8 Å². The molecule has 0 atom stereocenters. The molecule has 1 heterocycles. The Kier molecular flexibility index (Phi) is 5.78. The zero-order chi connectivity index (χ0) is 11.8. The van der Waals surface area contributed by atoms with Crippen LogP contribution in [0.3, 0.4) is 0 Å². The molecule has 0 bridgehead atoms. The molecule has 1 aromatic heterocycles. The predicted octanol–water partition coefficient (Wildman–Crippen LogP) is 2.36. The molecule has 0 unspecified atom stereocenters. The number of hydrogen-bond acceptors (Lipinski definition) is 3. The van der Waals surface area contributed by atoms with E-state index in [-0.39, 0.29) is 5.82 Å². The van der Waals surface area contributed by atoms with Crippen LogP contribution in [-0.4, -0.2) is 36.1 Å². The number of nitrogens with zero attached hydrogens (tertiary/aromatic N) is 2. The second kappa shape index (κ2) is 7.17. The molecule has 4 heteroatoms. The number of halogens is 1. The number of nitrogens with one attached hydrogen (secondary N) is 1. The number of rotatable bonds is 7. The molecule has 0 saturated heterocycles. The van der Waals surface area contributed by atoms with Crippen LogP contribution in [0.2, 0.25) is 0 Å². The lowest BCUT2D eigenvalue weighted by atomic mass is 10.4. The van der Waals surface area contributed by atoms with Gasteiger partial charge < -0.3 is 10.2 Å². The fourth-order valence-corrected chi connectivity index (χ4v) is 1.57. The standard InChI is InChI=1S/C12H20FN3/c1-3-8-16(4-2)9-7-14-12-6-5-11(13)10-15-12/h5-6,10H,3-4,7-9H2,1-2H3,(H,14,15). The van der Waals surface area contributed by atoms with E-state index in [4.69, 9.17) is 0 Å². The molecule has 0 amide bonds. The third-order valence-electron chi connectivity index (χ3n) is 2.45. The van der Waals surface area contributed by atoms with Gasteiger partial charge in [0, 0.05) is 13.1 Å². The van der Waals surface area contributed by atoms with Crippen LogP contribution >= 0.6 is 0 Å². The van der Waals surface area contributed by atoms with Crippen LogP contribution < -0.4 is 5.32 Å². The summed E-state index contributed by atoms with van der Waals surface area (Å²) in [6.07, 6.45) is 2.40. The van der Waals surface area contributed by atoms with Gasteiger partial charge in [-0.15, -0.1) is 0 Å². The second-order valence-corrected chi connectivity index (χ2v) is 3.72. The Labute approximate surface area is 96.7 Å². The number of aromatic nitrogens is 1. The van der Waals surface area contributed by atoms with E-state index in [9.17, 15) is 4.39 Å². The van der Waals surface area contributed by atoms with Crippen LogP contribution in [0.4, 0.5) is 10.2 Å². The lowest BCUT2D eigenvalue weighted by molar-refractivity contribution is 0.300. The first-order chi connectivity index (χ1) is 7.76. The molecular formula is C12H20FN3. The minimum atomic E-state index is -0.299. The lowest BCUT2D eigenvalue weighted by Crippen LogP contribution is -2.29. The summed E-state index contributed by atoms with van der Waals surface area (Å²) in [7, 11) is 0. The first-order valence-corrected chi connectivity index (χ1v) is 5.84. The molecule has 0 saturated carbocycles. The molecule has 0 aliphatic rings. The Balaban J connectivity index is 2.26. The van der Waals surface area contributed by atoms with E-state index < -0.39 is 0 Å². The summed E-state index contributed by atoms with van der Waals surface area (Å²) in [6, 6.07) is 3.07. The smallest absolute Gasteiger partial charge is 0.141 e. The summed E-state index contributed by atoms with van der Waals surface area (Å²) in [5, 5.41) is 3.18. The van der Waals surface area contributed by atoms with Gasteiger partial charge in [-0.3, -0.25) is 0 Å². The van der Waals surface area contributed by atoms with Crippen molar-refractivity contribution < 1.29 is 4.39 Å². The molecule has 0 spiro atoms. The average Bonchev–Trinajstić information content (AvgIpc) is 2.30. The molecular weight excluding hydrogens is 205 g/mol. The fraction of sp³-hybridized carbons (Fsp3) is 0.583. The second-order valence-electron chi connectivity index (χ2n) is 3.72. The van der Waals surface area contributed by atoms with Crippen molar-refractivity contribution in [3.8, 4) is 0 Å². The van der Waals surface area contributed by atoms with Crippen LogP contribution in [0.25, 0.3) is 0 Å². The Morgan fingerprint density at radius 3 is 2.69 bits per heavy atom. The predicted molar refractivity (Wildman–Crippen MR) is 65.1 cm³/mol. The van der Waals surface area contributed by atoms with Crippen LogP contribution in [0, 0.1) is 5.82 Å². The zero-order valence-corrected chi connectivity index (χ0v) is 10.0. The van der Waals surface area contributed by atoms with E-state index in [1.54, 1.807) is 6.07 Å². The van der Waals surface area contributed by atoms with Crippen molar-refractivity contribution in [2.45, 2.75) is 20.3 Å². The summed E-state index contributed by atoms with van der Waals surface area (Å²) in [4.78, 5) is 6.31. The minimum absolute atomic E-state index is 0.299. The summed E-state index contributed by atoms with van der Waals surface area (Å²) in [6.45, 7) is 8.35. The number of hydrogen-bond donors (Lipinski definition) is 1.